The average Bonchev–Trinajstić information content (AvgIpc) is 3.34. The van der Waals surface area contributed by atoms with Gasteiger partial charge in [-0.1, -0.05) is 33.8 Å². The van der Waals surface area contributed by atoms with Gasteiger partial charge < -0.3 is 15.5 Å². The predicted molar refractivity (Wildman–Crippen MR) is 127 cm³/mol. The zero-order chi connectivity index (χ0) is 29.0. The number of amides is 3. The van der Waals surface area contributed by atoms with E-state index in [2.05, 4.69) is 10.3 Å². The molecule has 1 aromatic heterocycles. The number of rotatable bonds is 10. The van der Waals surface area contributed by atoms with E-state index in [1.165, 1.54) is 24.9 Å². The summed E-state index contributed by atoms with van der Waals surface area (Å²) in [5.74, 6) is -12.3. The third kappa shape index (κ3) is 6.84. The van der Waals surface area contributed by atoms with E-state index in [0.717, 1.165) is 0 Å². The van der Waals surface area contributed by atoms with Gasteiger partial charge in [-0.3, -0.25) is 24.2 Å². The maximum absolute atomic E-state index is 13.7. The zero-order valence-electron chi connectivity index (χ0n) is 21.8. The van der Waals surface area contributed by atoms with Crippen LogP contribution in [0.25, 0.3) is 0 Å². The molecular weight excluding hydrogens is 515 g/mol. The van der Waals surface area contributed by atoms with Gasteiger partial charge in [0, 0.05) is 18.9 Å². The number of nitrogens with zero attached hydrogens (tertiary/aromatic N) is 2. The molecule has 0 bridgehead atoms. The molecular formula is C25H33F5N4O4. The van der Waals surface area contributed by atoms with Gasteiger partial charge in [0.05, 0.1) is 12.0 Å². The number of hydrogen-bond donors (Lipinski definition) is 2. The number of hydrogen-bond acceptors (Lipinski definition) is 5. The summed E-state index contributed by atoms with van der Waals surface area (Å²) in [4.78, 5) is 56.5. The summed E-state index contributed by atoms with van der Waals surface area (Å²) in [6.45, 7) is 7.57. The van der Waals surface area contributed by atoms with Crippen LogP contribution in [0.5, 0.6) is 0 Å². The van der Waals surface area contributed by atoms with Crippen molar-refractivity contribution in [2.45, 2.75) is 83.6 Å². The van der Waals surface area contributed by atoms with Crippen LogP contribution >= 0.6 is 0 Å². The number of halogens is 5. The van der Waals surface area contributed by atoms with Crippen LogP contribution < -0.4 is 10.6 Å². The van der Waals surface area contributed by atoms with Crippen LogP contribution in [0.2, 0.25) is 0 Å². The highest BCUT2D eigenvalue weighted by Gasteiger charge is 2.64. The maximum Gasteiger partial charge on any atom is 0.461 e. The first-order valence-corrected chi connectivity index (χ1v) is 12.3. The second-order valence-electron chi connectivity index (χ2n) is 10.1. The molecule has 1 aliphatic heterocycles. The largest absolute Gasteiger partial charge is 0.461 e. The number of Topliss-reactive ketones (excluding diaryl/α,β-unsaturated/α-hetero) is 1. The third-order valence-corrected chi connectivity index (χ3v) is 6.56. The lowest BCUT2D eigenvalue weighted by Crippen LogP contribution is -2.60. The molecule has 1 aromatic rings. The monoisotopic (exact) mass is 548 g/mol. The van der Waals surface area contributed by atoms with E-state index in [-0.39, 0.29) is 13.0 Å². The minimum Gasteiger partial charge on any atom is -0.344 e. The lowest BCUT2D eigenvalue weighted by molar-refractivity contribution is -0.270. The smallest absolute Gasteiger partial charge is 0.344 e. The summed E-state index contributed by atoms with van der Waals surface area (Å²) >= 11 is 0. The van der Waals surface area contributed by atoms with Crippen molar-refractivity contribution in [3.63, 3.8) is 0 Å². The van der Waals surface area contributed by atoms with Crippen molar-refractivity contribution in [1.29, 1.82) is 0 Å². The molecule has 4 atom stereocenters. The summed E-state index contributed by atoms with van der Waals surface area (Å²) in [7, 11) is 0. The Morgan fingerprint density at radius 1 is 0.974 bits per heavy atom. The molecule has 8 nitrogen and oxygen atoms in total. The first-order chi connectivity index (χ1) is 17.5. The van der Waals surface area contributed by atoms with Gasteiger partial charge in [-0.25, -0.2) is 0 Å². The third-order valence-electron chi connectivity index (χ3n) is 6.56. The number of likely N-dealkylation sites (tertiary alicyclic amines) is 1. The fourth-order valence-corrected chi connectivity index (χ4v) is 4.18. The summed E-state index contributed by atoms with van der Waals surface area (Å²) in [6.07, 6.45) is -2.58. The number of ketones is 1. The van der Waals surface area contributed by atoms with Crippen molar-refractivity contribution >= 4 is 23.5 Å². The molecule has 13 heteroatoms. The van der Waals surface area contributed by atoms with Gasteiger partial charge in [-0.15, -0.1) is 0 Å². The van der Waals surface area contributed by atoms with Crippen molar-refractivity contribution in [2.24, 2.45) is 11.8 Å². The molecule has 2 rings (SSSR count). The number of nitrogens with one attached hydrogen (secondary N) is 2. The maximum atomic E-state index is 13.7. The van der Waals surface area contributed by atoms with E-state index in [9.17, 15) is 41.1 Å². The van der Waals surface area contributed by atoms with Gasteiger partial charge >= 0.3 is 12.1 Å². The molecule has 0 spiro atoms. The summed E-state index contributed by atoms with van der Waals surface area (Å²) < 4.78 is 65.8. The summed E-state index contributed by atoms with van der Waals surface area (Å²) in [6, 6.07) is -0.995. The topological polar surface area (TPSA) is 108 Å². The molecule has 2 unspecified atom stereocenters. The quantitative estimate of drug-likeness (QED) is 0.437. The Bertz CT molecular complexity index is 1020. The molecule has 2 N–H and O–H groups in total. The van der Waals surface area contributed by atoms with Gasteiger partial charge in [0.1, 0.15) is 12.1 Å². The van der Waals surface area contributed by atoms with E-state index in [0.29, 0.717) is 12.0 Å². The second-order valence-corrected chi connectivity index (χ2v) is 10.1. The van der Waals surface area contributed by atoms with Gasteiger partial charge in [0.2, 0.25) is 23.5 Å². The average molecular weight is 549 g/mol. The fraction of sp³-hybridized carbons (Fsp3) is 0.640. The van der Waals surface area contributed by atoms with Crippen molar-refractivity contribution in [3.8, 4) is 0 Å². The van der Waals surface area contributed by atoms with Crippen LogP contribution in [-0.2, 0) is 19.2 Å². The highest BCUT2D eigenvalue weighted by Crippen LogP contribution is 2.37. The Balaban J connectivity index is 2.20. The van der Waals surface area contributed by atoms with Crippen molar-refractivity contribution in [2.75, 3.05) is 6.54 Å². The molecule has 0 aromatic carbocycles. The molecule has 212 valence electrons. The number of alkyl halides is 5. The van der Waals surface area contributed by atoms with E-state index >= 15 is 0 Å². The first-order valence-electron chi connectivity index (χ1n) is 12.3. The van der Waals surface area contributed by atoms with E-state index < -0.39 is 71.5 Å². The number of carbonyl (C=O) groups excluding carboxylic acids is 4. The van der Waals surface area contributed by atoms with Crippen molar-refractivity contribution < 1.29 is 41.1 Å². The predicted octanol–water partition coefficient (Wildman–Crippen LogP) is 3.22. The van der Waals surface area contributed by atoms with Crippen molar-refractivity contribution in [1.82, 2.24) is 20.5 Å². The lowest BCUT2D eigenvalue weighted by Gasteiger charge is -2.32. The molecule has 1 fully saturated rings. The van der Waals surface area contributed by atoms with Crippen LogP contribution in [-0.4, -0.2) is 70.2 Å². The molecule has 0 radical (unpaired) electrons. The number of carbonyl (C=O) groups is 4. The van der Waals surface area contributed by atoms with Crippen LogP contribution in [0, 0.1) is 11.8 Å². The Hall–Kier alpha value is -3.12. The van der Waals surface area contributed by atoms with Gasteiger partial charge in [-0.05, 0) is 43.2 Å². The number of aromatic nitrogens is 1. The van der Waals surface area contributed by atoms with Crippen molar-refractivity contribution in [3.05, 3.63) is 30.1 Å². The first kappa shape index (κ1) is 31.1. The molecule has 0 aliphatic carbocycles. The van der Waals surface area contributed by atoms with Crippen LogP contribution in [0.3, 0.4) is 0 Å². The molecule has 38 heavy (non-hydrogen) atoms. The summed E-state index contributed by atoms with van der Waals surface area (Å²) in [5, 5.41) is 4.71. The molecule has 1 saturated heterocycles. The van der Waals surface area contributed by atoms with Gasteiger partial charge in [-0.2, -0.15) is 22.0 Å². The molecule has 3 amide bonds. The molecule has 0 saturated carbocycles. The minimum absolute atomic E-state index is 0.104. The fourth-order valence-electron chi connectivity index (χ4n) is 4.18. The molecule has 1 aliphatic rings. The Labute approximate surface area is 217 Å². The Morgan fingerprint density at radius 2 is 1.58 bits per heavy atom. The second kappa shape index (κ2) is 12.2. The van der Waals surface area contributed by atoms with E-state index in [1.54, 1.807) is 39.1 Å². The number of pyridine rings is 1. The van der Waals surface area contributed by atoms with Gasteiger partial charge in [0.15, 0.2) is 0 Å². The summed E-state index contributed by atoms with van der Waals surface area (Å²) in [5.41, 5.74) is 0.624. The van der Waals surface area contributed by atoms with Crippen LogP contribution in [0.15, 0.2) is 24.5 Å². The van der Waals surface area contributed by atoms with Crippen LogP contribution in [0.1, 0.15) is 58.9 Å². The van der Waals surface area contributed by atoms with Gasteiger partial charge in [0.25, 0.3) is 0 Å². The Kier molecular flexibility index (Phi) is 9.95. The zero-order valence-corrected chi connectivity index (χ0v) is 21.8. The lowest BCUT2D eigenvalue weighted by atomic mass is 9.95. The van der Waals surface area contributed by atoms with E-state index in [4.69, 9.17) is 0 Å². The Morgan fingerprint density at radius 3 is 2.08 bits per heavy atom. The minimum atomic E-state index is -6.12. The molecule has 2 heterocycles. The van der Waals surface area contributed by atoms with Crippen LogP contribution in [0.4, 0.5) is 22.0 Å². The van der Waals surface area contributed by atoms with E-state index in [1.807, 2.05) is 5.32 Å². The highest BCUT2D eigenvalue weighted by molar-refractivity contribution is 5.97. The highest BCUT2D eigenvalue weighted by atomic mass is 19.4. The normalized spacial score (nSPS) is 18.7. The standard InChI is InChI=1S/C25H33F5N4O4/c1-13(2)18(20(35)24(26,27)25(28,29)30)32-22(37)17-9-7-11-34(17)23(38)19(14(3)4)33-21(36)15(5)16-8-6-10-31-12-16/h6,8,10,12-15,17-19H,7,9,11H2,1-5H3,(H,32,37)(H,33,36)/t15?,17-,18?,19-/m0/s1. The SMILES string of the molecule is CC(C(=O)N[C@H](C(=O)N1CCC[C@H]1C(=O)NC(C(=O)C(F)(F)C(F)(F)F)C(C)C)C(C)C)c1cccnc1.